The summed E-state index contributed by atoms with van der Waals surface area (Å²) in [4.78, 5) is 11.7. The van der Waals surface area contributed by atoms with Crippen LogP contribution < -0.4 is 0 Å². The standard InChI is InChI=1S/C22H44O3S2Si2/c1-21(2,3)28(7,8)24-15-16(25-29(9,10)22(4,5)6)17-11-12-18(26-17)19-13-14-20(23)27-19/h16-19H,11-15H2,1-10H3/t16-,17-,18-,19-/m1/s1. The molecule has 170 valence electrons. The van der Waals surface area contributed by atoms with Gasteiger partial charge in [-0.3, -0.25) is 4.79 Å². The summed E-state index contributed by atoms with van der Waals surface area (Å²) < 4.78 is 13.6. The summed E-state index contributed by atoms with van der Waals surface area (Å²) in [6.45, 7) is 24.0. The monoisotopic (exact) mass is 476 g/mol. The van der Waals surface area contributed by atoms with Crippen molar-refractivity contribution in [1.29, 1.82) is 0 Å². The summed E-state index contributed by atoms with van der Waals surface area (Å²) in [5, 5.41) is 2.37. The largest absolute Gasteiger partial charge is 0.414 e. The van der Waals surface area contributed by atoms with E-state index in [0.29, 0.717) is 27.5 Å². The van der Waals surface area contributed by atoms with Crippen LogP contribution in [0, 0.1) is 0 Å². The molecule has 0 aliphatic carbocycles. The third-order valence-corrected chi connectivity index (χ3v) is 19.8. The first-order valence-corrected chi connectivity index (χ1v) is 18.8. The Labute approximate surface area is 190 Å². The quantitative estimate of drug-likeness (QED) is 0.367. The van der Waals surface area contributed by atoms with Gasteiger partial charge >= 0.3 is 0 Å². The Kier molecular flexibility index (Phi) is 8.33. The van der Waals surface area contributed by atoms with Gasteiger partial charge in [-0.05, 0) is 55.5 Å². The lowest BCUT2D eigenvalue weighted by Crippen LogP contribution is -2.50. The lowest BCUT2D eigenvalue weighted by atomic mass is 10.1. The van der Waals surface area contributed by atoms with Gasteiger partial charge in [0.2, 0.25) is 0 Å². The molecule has 0 aromatic carbocycles. The minimum Gasteiger partial charge on any atom is -0.414 e. The Morgan fingerprint density at radius 2 is 1.52 bits per heavy atom. The van der Waals surface area contributed by atoms with Crippen molar-refractivity contribution in [1.82, 2.24) is 0 Å². The molecule has 3 nitrogen and oxygen atoms in total. The molecule has 2 aliphatic heterocycles. The average Bonchev–Trinajstić information content (AvgIpc) is 3.18. The van der Waals surface area contributed by atoms with Crippen LogP contribution in [0.15, 0.2) is 0 Å². The van der Waals surface area contributed by atoms with E-state index in [1.165, 1.54) is 12.8 Å². The van der Waals surface area contributed by atoms with E-state index in [4.69, 9.17) is 8.85 Å². The number of rotatable bonds is 7. The molecule has 7 heteroatoms. The lowest BCUT2D eigenvalue weighted by molar-refractivity contribution is -0.110. The molecule has 0 unspecified atom stereocenters. The predicted molar refractivity (Wildman–Crippen MR) is 135 cm³/mol. The normalized spacial score (nSPS) is 28.2. The molecule has 0 N–H and O–H groups in total. The molecule has 29 heavy (non-hydrogen) atoms. The number of hydrogen-bond acceptors (Lipinski definition) is 5. The van der Waals surface area contributed by atoms with Crippen LogP contribution in [0.2, 0.25) is 36.3 Å². The van der Waals surface area contributed by atoms with Crippen LogP contribution in [0.3, 0.4) is 0 Å². The highest BCUT2D eigenvalue weighted by molar-refractivity contribution is 8.15. The predicted octanol–water partition coefficient (Wildman–Crippen LogP) is 7.09. The minimum absolute atomic E-state index is 0.155. The van der Waals surface area contributed by atoms with Gasteiger partial charge < -0.3 is 8.85 Å². The molecule has 0 aromatic rings. The van der Waals surface area contributed by atoms with Crippen LogP contribution in [0.4, 0.5) is 0 Å². The van der Waals surface area contributed by atoms with Gasteiger partial charge in [-0.1, -0.05) is 53.3 Å². The summed E-state index contributed by atoms with van der Waals surface area (Å²) in [5.74, 6) is 0. The van der Waals surface area contributed by atoms with Gasteiger partial charge in [0.25, 0.3) is 0 Å². The molecule has 0 amide bonds. The fourth-order valence-corrected chi connectivity index (χ4v) is 8.85. The molecule has 0 saturated carbocycles. The molecule has 2 heterocycles. The van der Waals surface area contributed by atoms with Gasteiger partial charge in [0, 0.05) is 22.2 Å². The molecular formula is C22H44O3S2Si2. The van der Waals surface area contributed by atoms with E-state index in [9.17, 15) is 4.79 Å². The van der Waals surface area contributed by atoms with Crippen molar-refractivity contribution in [3.05, 3.63) is 0 Å². The Morgan fingerprint density at radius 3 is 2.00 bits per heavy atom. The fourth-order valence-electron chi connectivity index (χ4n) is 3.32. The van der Waals surface area contributed by atoms with Crippen molar-refractivity contribution in [2.24, 2.45) is 0 Å². The zero-order valence-electron chi connectivity index (χ0n) is 20.4. The zero-order chi connectivity index (χ0) is 22.3. The number of carbonyl (C=O) groups is 1. The van der Waals surface area contributed by atoms with Crippen LogP contribution in [0.1, 0.15) is 67.2 Å². The molecule has 2 rings (SSSR count). The van der Waals surface area contributed by atoms with Crippen LogP contribution in [0.5, 0.6) is 0 Å². The van der Waals surface area contributed by atoms with E-state index >= 15 is 0 Å². The van der Waals surface area contributed by atoms with Crippen molar-refractivity contribution < 1.29 is 13.6 Å². The lowest BCUT2D eigenvalue weighted by Gasteiger charge is -2.43. The van der Waals surface area contributed by atoms with Gasteiger partial charge in [0.05, 0.1) is 12.7 Å². The van der Waals surface area contributed by atoms with Crippen molar-refractivity contribution in [3.63, 3.8) is 0 Å². The smallest absolute Gasteiger partial charge is 0.192 e. The summed E-state index contributed by atoms with van der Waals surface area (Å²) >= 11 is 3.69. The number of hydrogen-bond donors (Lipinski definition) is 0. The Hall–Kier alpha value is 0.724. The highest BCUT2D eigenvalue weighted by Gasteiger charge is 2.45. The third kappa shape index (κ3) is 6.61. The second-order valence-electron chi connectivity index (χ2n) is 11.8. The van der Waals surface area contributed by atoms with Crippen LogP contribution in [0.25, 0.3) is 0 Å². The SMILES string of the molecule is CC(C)(C)[Si](C)(C)OC[C@@H](O[Si](C)(C)C(C)(C)C)[C@H]1CC[C@H]([C@H]2CCC(=O)S2)S1. The van der Waals surface area contributed by atoms with Gasteiger partial charge in [0.1, 0.15) is 0 Å². The molecule has 2 saturated heterocycles. The topological polar surface area (TPSA) is 35.5 Å². The first-order chi connectivity index (χ1) is 13.0. The second-order valence-corrected chi connectivity index (χ2v) is 24.2. The molecule has 0 radical (unpaired) electrons. The van der Waals surface area contributed by atoms with E-state index < -0.39 is 16.6 Å². The van der Waals surface area contributed by atoms with Gasteiger partial charge in [-0.25, -0.2) is 0 Å². The van der Waals surface area contributed by atoms with E-state index in [1.807, 2.05) is 0 Å². The molecular weight excluding hydrogens is 433 g/mol. The zero-order valence-corrected chi connectivity index (χ0v) is 24.0. The average molecular weight is 477 g/mol. The maximum absolute atomic E-state index is 11.7. The maximum atomic E-state index is 11.7. The van der Waals surface area contributed by atoms with Crippen LogP contribution in [-0.4, -0.2) is 50.2 Å². The summed E-state index contributed by atoms with van der Waals surface area (Å²) in [7, 11) is -3.69. The summed E-state index contributed by atoms with van der Waals surface area (Å²) in [5.41, 5.74) is 0. The van der Waals surface area contributed by atoms with E-state index in [0.717, 1.165) is 12.8 Å². The van der Waals surface area contributed by atoms with Crippen molar-refractivity contribution in [3.8, 4) is 0 Å². The molecule has 2 aliphatic rings. The van der Waals surface area contributed by atoms with Crippen molar-refractivity contribution >= 4 is 45.3 Å². The second kappa shape index (κ2) is 9.30. The third-order valence-electron chi connectivity index (χ3n) is 7.50. The Bertz CT molecular complexity index is 582. The highest BCUT2D eigenvalue weighted by atomic mass is 32.2. The molecule has 0 aromatic heterocycles. The molecule has 2 fully saturated rings. The molecule has 0 spiro atoms. The minimum atomic E-state index is -1.88. The van der Waals surface area contributed by atoms with Crippen LogP contribution >= 0.6 is 23.5 Å². The van der Waals surface area contributed by atoms with Crippen LogP contribution in [-0.2, 0) is 13.6 Å². The van der Waals surface area contributed by atoms with Crippen molar-refractivity contribution in [2.75, 3.05) is 6.61 Å². The van der Waals surface area contributed by atoms with E-state index in [-0.39, 0.29) is 16.2 Å². The maximum Gasteiger partial charge on any atom is 0.192 e. The van der Waals surface area contributed by atoms with Gasteiger partial charge in [-0.15, -0.1) is 0 Å². The molecule has 4 atom stereocenters. The Balaban J connectivity index is 2.11. The first-order valence-electron chi connectivity index (χ1n) is 11.2. The van der Waals surface area contributed by atoms with Crippen molar-refractivity contribution in [2.45, 2.75) is 125 Å². The highest BCUT2D eigenvalue weighted by Crippen LogP contribution is 2.47. The first kappa shape index (κ1) is 26.0. The molecule has 0 bridgehead atoms. The van der Waals surface area contributed by atoms with E-state index in [1.54, 1.807) is 11.8 Å². The van der Waals surface area contributed by atoms with Gasteiger partial charge in [-0.2, -0.15) is 11.8 Å². The number of thioether (sulfide) groups is 2. The summed E-state index contributed by atoms with van der Waals surface area (Å²) in [6.07, 6.45) is 4.36. The summed E-state index contributed by atoms with van der Waals surface area (Å²) in [6, 6.07) is 0. The number of carbonyl (C=O) groups excluding carboxylic acids is 1. The van der Waals surface area contributed by atoms with Gasteiger partial charge in [0.15, 0.2) is 21.8 Å². The fraction of sp³-hybridized carbons (Fsp3) is 0.955. The van der Waals surface area contributed by atoms with E-state index in [2.05, 4.69) is 79.5 Å². The Morgan fingerprint density at radius 1 is 0.931 bits per heavy atom.